The number of H-pyrrole nitrogens is 1. The van der Waals surface area contributed by atoms with E-state index >= 15 is 0 Å². The highest BCUT2D eigenvalue weighted by atomic mass is 79.9. The molecule has 146 valence electrons. The van der Waals surface area contributed by atoms with Gasteiger partial charge in [-0.1, -0.05) is 15.9 Å². The molecule has 1 amide bonds. The van der Waals surface area contributed by atoms with Gasteiger partial charge in [0.1, 0.15) is 5.60 Å². The monoisotopic (exact) mass is 436 g/mol. The number of esters is 1. The maximum absolute atomic E-state index is 12.4. The number of carbonyl (C=O) groups is 2. The normalized spacial score (nSPS) is 19.4. The molecule has 2 unspecified atom stereocenters. The molecule has 1 aromatic heterocycles. The van der Waals surface area contributed by atoms with Gasteiger partial charge >= 0.3 is 12.1 Å². The third kappa shape index (κ3) is 4.46. The quantitative estimate of drug-likeness (QED) is 0.687. The van der Waals surface area contributed by atoms with Crippen LogP contribution in [0, 0.1) is 5.92 Å². The van der Waals surface area contributed by atoms with Crippen molar-refractivity contribution in [2.24, 2.45) is 5.92 Å². The molecule has 1 aliphatic carbocycles. The lowest BCUT2D eigenvalue weighted by molar-refractivity contribution is -0.148. The molecule has 6 nitrogen and oxygen atoms in total. The number of aromatic nitrogens is 1. The van der Waals surface area contributed by atoms with Crippen molar-refractivity contribution in [1.29, 1.82) is 0 Å². The van der Waals surface area contributed by atoms with E-state index in [9.17, 15) is 9.59 Å². The van der Waals surface area contributed by atoms with Gasteiger partial charge in [-0.15, -0.1) is 0 Å². The summed E-state index contributed by atoms with van der Waals surface area (Å²) < 4.78 is 11.6. The average Bonchev–Trinajstić information content (AvgIpc) is 2.91. The number of ether oxygens (including phenoxy) is 2. The largest absolute Gasteiger partial charge is 0.466 e. The molecule has 0 radical (unpaired) electrons. The number of hydrogen-bond acceptors (Lipinski definition) is 4. The second-order valence-corrected chi connectivity index (χ2v) is 8.71. The third-order valence-electron chi connectivity index (χ3n) is 4.53. The number of aromatic amines is 1. The number of halogens is 1. The van der Waals surface area contributed by atoms with Crippen LogP contribution in [-0.4, -0.2) is 29.3 Å². The Morgan fingerprint density at radius 3 is 2.74 bits per heavy atom. The van der Waals surface area contributed by atoms with Gasteiger partial charge in [-0.25, -0.2) is 4.79 Å². The van der Waals surface area contributed by atoms with Crippen LogP contribution >= 0.6 is 15.9 Å². The molecule has 27 heavy (non-hydrogen) atoms. The number of rotatable bonds is 3. The Bertz CT molecular complexity index is 869. The van der Waals surface area contributed by atoms with Crippen molar-refractivity contribution in [1.82, 2.24) is 10.3 Å². The summed E-state index contributed by atoms with van der Waals surface area (Å²) in [5.74, 6) is -0.543. The highest BCUT2D eigenvalue weighted by molar-refractivity contribution is 9.10. The molecular formula is C20H25BrN2O4. The summed E-state index contributed by atoms with van der Waals surface area (Å²) in [5, 5.41) is 3.97. The summed E-state index contributed by atoms with van der Waals surface area (Å²) in [5.41, 5.74) is 2.35. The summed E-state index contributed by atoms with van der Waals surface area (Å²) >= 11 is 3.51. The fourth-order valence-corrected chi connectivity index (χ4v) is 3.87. The third-order valence-corrected chi connectivity index (χ3v) is 5.02. The van der Waals surface area contributed by atoms with Crippen molar-refractivity contribution in [2.45, 2.75) is 52.2 Å². The van der Waals surface area contributed by atoms with Crippen LogP contribution < -0.4 is 5.32 Å². The van der Waals surface area contributed by atoms with Gasteiger partial charge in [0.05, 0.1) is 18.6 Å². The lowest BCUT2D eigenvalue weighted by atomic mass is 9.83. The molecule has 1 aliphatic rings. The van der Waals surface area contributed by atoms with Gasteiger partial charge < -0.3 is 19.8 Å². The predicted octanol–water partition coefficient (Wildman–Crippen LogP) is 4.62. The van der Waals surface area contributed by atoms with Crippen molar-refractivity contribution in [3.8, 4) is 0 Å². The molecule has 0 spiro atoms. The van der Waals surface area contributed by atoms with Crippen molar-refractivity contribution in [3.63, 3.8) is 0 Å². The van der Waals surface area contributed by atoms with E-state index in [1.165, 1.54) is 0 Å². The maximum atomic E-state index is 12.4. The molecule has 0 saturated carbocycles. The predicted molar refractivity (Wildman–Crippen MR) is 107 cm³/mol. The Labute approximate surface area is 167 Å². The molecule has 0 saturated heterocycles. The van der Waals surface area contributed by atoms with Crippen molar-refractivity contribution in [3.05, 3.63) is 33.9 Å². The molecule has 2 aromatic rings. The molecule has 1 heterocycles. The summed E-state index contributed by atoms with van der Waals surface area (Å²) in [7, 11) is 0. The molecule has 2 atom stereocenters. The Hall–Kier alpha value is -2.02. The topological polar surface area (TPSA) is 80.4 Å². The highest BCUT2D eigenvalue weighted by Crippen LogP contribution is 2.39. The van der Waals surface area contributed by atoms with E-state index in [0.717, 1.165) is 26.6 Å². The van der Waals surface area contributed by atoms with E-state index in [2.05, 4.69) is 26.2 Å². The average molecular weight is 437 g/mol. The lowest BCUT2D eigenvalue weighted by Gasteiger charge is -2.30. The van der Waals surface area contributed by atoms with Crippen molar-refractivity contribution >= 4 is 38.9 Å². The first-order valence-electron chi connectivity index (χ1n) is 9.14. The Kier molecular flexibility index (Phi) is 5.51. The van der Waals surface area contributed by atoms with Crippen LogP contribution in [0.2, 0.25) is 0 Å². The smallest absolute Gasteiger partial charge is 0.408 e. The summed E-state index contributed by atoms with van der Waals surface area (Å²) in [6.45, 7) is 7.60. The minimum Gasteiger partial charge on any atom is -0.466 e. The van der Waals surface area contributed by atoms with E-state index in [-0.39, 0.29) is 17.9 Å². The van der Waals surface area contributed by atoms with Gasteiger partial charge in [0.2, 0.25) is 0 Å². The first-order valence-corrected chi connectivity index (χ1v) is 9.93. The van der Waals surface area contributed by atoms with Crippen LogP contribution in [0.25, 0.3) is 10.9 Å². The zero-order chi connectivity index (χ0) is 19.8. The zero-order valence-corrected chi connectivity index (χ0v) is 17.6. The first-order chi connectivity index (χ1) is 12.7. The molecule has 0 bridgehead atoms. The number of alkyl carbamates (subject to hydrolysis) is 1. The maximum Gasteiger partial charge on any atom is 0.408 e. The van der Waals surface area contributed by atoms with Gasteiger partial charge in [-0.3, -0.25) is 4.79 Å². The molecular weight excluding hydrogens is 412 g/mol. The minimum absolute atomic E-state index is 0.233. The molecule has 1 aromatic carbocycles. The fourth-order valence-electron chi connectivity index (χ4n) is 3.51. The van der Waals surface area contributed by atoms with Gasteiger partial charge in [0.25, 0.3) is 0 Å². The molecule has 2 N–H and O–H groups in total. The Balaban J connectivity index is 1.96. The van der Waals surface area contributed by atoms with Crippen LogP contribution in [0.3, 0.4) is 0 Å². The van der Waals surface area contributed by atoms with E-state index in [4.69, 9.17) is 9.47 Å². The second kappa shape index (κ2) is 7.54. The Morgan fingerprint density at radius 1 is 1.33 bits per heavy atom. The minimum atomic E-state index is -0.590. The van der Waals surface area contributed by atoms with Crippen molar-refractivity contribution in [2.75, 3.05) is 6.61 Å². The second-order valence-electron chi connectivity index (χ2n) is 7.79. The van der Waals surface area contributed by atoms with Gasteiger partial charge in [-0.2, -0.15) is 0 Å². The van der Waals surface area contributed by atoms with Crippen LogP contribution in [0.1, 0.15) is 51.4 Å². The number of fused-ring (bicyclic) bond motifs is 3. The van der Waals surface area contributed by atoms with Crippen molar-refractivity contribution < 1.29 is 19.1 Å². The van der Waals surface area contributed by atoms with Gasteiger partial charge in [0, 0.05) is 21.1 Å². The number of amides is 1. The first kappa shape index (κ1) is 19.7. The van der Waals surface area contributed by atoms with Crippen LogP contribution in [0.15, 0.2) is 22.7 Å². The zero-order valence-electron chi connectivity index (χ0n) is 16.0. The molecule has 7 heteroatoms. The molecule has 0 aliphatic heterocycles. The van der Waals surface area contributed by atoms with Crippen LogP contribution in [-0.2, 0) is 20.7 Å². The lowest BCUT2D eigenvalue weighted by Crippen LogP contribution is -2.39. The fraction of sp³-hybridized carbons (Fsp3) is 0.500. The summed E-state index contributed by atoms with van der Waals surface area (Å²) in [6, 6.07) is 5.64. The van der Waals surface area contributed by atoms with E-state index in [0.29, 0.717) is 19.4 Å². The molecule has 0 fully saturated rings. The number of hydrogen-bond donors (Lipinski definition) is 2. The van der Waals surface area contributed by atoms with Crippen LogP contribution in [0.4, 0.5) is 4.79 Å². The number of benzene rings is 1. The Morgan fingerprint density at radius 2 is 2.07 bits per heavy atom. The van der Waals surface area contributed by atoms with E-state index in [1.807, 2.05) is 39.0 Å². The highest BCUT2D eigenvalue weighted by Gasteiger charge is 2.36. The molecule has 3 rings (SSSR count). The van der Waals surface area contributed by atoms with Crippen LogP contribution in [0.5, 0.6) is 0 Å². The SMILES string of the molecule is CCOC(=O)C1Cc2c([nH]c3ccc(Br)cc23)C(NC(=O)OC(C)(C)C)C1. The number of nitrogens with one attached hydrogen (secondary N) is 2. The summed E-state index contributed by atoms with van der Waals surface area (Å²) in [6.07, 6.45) is 0.554. The van der Waals surface area contributed by atoms with Gasteiger partial charge in [-0.05, 0) is 64.3 Å². The summed E-state index contributed by atoms with van der Waals surface area (Å²) in [4.78, 5) is 28.2. The van der Waals surface area contributed by atoms with E-state index < -0.39 is 11.7 Å². The van der Waals surface area contributed by atoms with E-state index in [1.54, 1.807) is 6.92 Å². The van der Waals surface area contributed by atoms with Gasteiger partial charge in [0.15, 0.2) is 0 Å². The standard InChI is InChI=1S/C20H25BrN2O4/c1-5-26-18(24)11-8-14-13-10-12(21)6-7-15(13)22-17(14)16(9-11)23-19(25)27-20(2,3)4/h6-7,10-11,16,22H,5,8-9H2,1-4H3,(H,23,25). The number of carbonyl (C=O) groups excluding carboxylic acids is 2.